The maximum atomic E-state index is 10.9. The van der Waals surface area contributed by atoms with Crippen molar-refractivity contribution in [2.24, 2.45) is 5.73 Å². The molecule has 10 nitrogen and oxygen atoms in total. The maximum absolute atomic E-state index is 10.9. The second kappa shape index (κ2) is 11.1. The van der Waals surface area contributed by atoms with Crippen LogP contribution in [-0.2, 0) is 22.4 Å². The average molecular weight is 464 g/mol. The lowest BCUT2D eigenvalue weighted by molar-refractivity contribution is -0.278. The van der Waals surface area contributed by atoms with E-state index >= 15 is 0 Å². The van der Waals surface area contributed by atoms with E-state index in [2.05, 4.69) is 10.2 Å². The summed E-state index contributed by atoms with van der Waals surface area (Å²) in [6.45, 7) is 3.48. The molecule has 7 N–H and O–H groups in total. The van der Waals surface area contributed by atoms with E-state index in [9.17, 15) is 25.2 Å². The van der Waals surface area contributed by atoms with E-state index in [4.69, 9.17) is 15.2 Å². The molecule has 10 heteroatoms. The van der Waals surface area contributed by atoms with Gasteiger partial charge in [-0.2, -0.15) is 0 Å². The molecular weight excluding hydrogens is 430 g/mol. The van der Waals surface area contributed by atoms with Crippen molar-refractivity contribution in [1.29, 1.82) is 0 Å². The van der Waals surface area contributed by atoms with E-state index in [1.165, 1.54) is 0 Å². The molecular formula is C23H33N3O7. The second-order valence-corrected chi connectivity index (χ2v) is 8.70. The molecule has 3 rings (SSSR count). The van der Waals surface area contributed by atoms with E-state index in [1.807, 2.05) is 38.1 Å². The minimum atomic E-state index is -1.53. The molecule has 1 fully saturated rings. The van der Waals surface area contributed by atoms with Crippen molar-refractivity contribution in [3.05, 3.63) is 46.6 Å². The smallest absolute Gasteiger partial charge is 0.238 e. The van der Waals surface area contributed by atoms with Gasteiger partial charge in [0, 0.05) is 24.1 Å². The maximum Gasteiger partial charge on any atom is 0.238 e. The minimum Gasteiger partial charge on any atom is -0.443 e. The van der Waals surface area contributed by atoms with Crippen LogP contribution < -0.4 is 10.5 Å². The molecule has 0 bridgehead atoms. The summed E-state index contributed by atoms with van der Waals surface area (Å²) in [6.07, 6.45) is -4.58. The SMILES string of the molecule is CC(C)c1[nH]nc(OC2O[C@H](CO)[C@@H](O)[C@H](O)[C@H]2O)c1Cc1ccc(CCCC(N)=O)cc1. The Labute approximate surface area is 192 Å². The van der Waals surface area contributed by atoms with Crippen LogP contribution >= 0.6 is 0 Å². The molecule has 0 spiro atoms. The van der Waals surface area contributed by atoms with Crippen LogP contribution in [0.2, 0.25) is 0 Å². The summed E-state index contributed by atoms with van der Waals surface area (Å²) in [7, 11) is 0. The van der Waals surface area contributed by atoms with Gasteiger partial charge in [0.2, 0.25) is 18.1 Å². The molecule has 1 unspecified atom stereocenters. The van der Waals surface area contributed by atoms with Gasteiger partial charge in [-0.3, -0.25) is 9.89 Å². The number of amides is 1. The summed E-state index contributed by atoms with van der Waals surface area (Å²) >= 11 is 0. The lowest BCUT2D eigenvalue weighted by atomic mass is 9.97. The first-order chi connectivity index (χ1) is 15.7. The first-order valence-electron chi connectivity index (χ1n) is 11.1. The standard InChI is InChI=1S/C23H33N3O7/c1-12(2)18-15(10-14-8-6-13(7-9-14)4-3-5-17(24)28)22(26-25-18)33-23-21(31)20(30)19(29)16(11-27)32-23/h6-9,12,16,19-21,23,27,29-31H,3-5,10-11H2,1-2H3,(H2,24,28)(H,25,26)/t16-,19-,20+,21-,23?/m1/s1. The van der Waals surface area contributed by atoms with Crippen molar-refractivity contribution in [3.63, 3.8) is 0 Å². The first-order valence-corrected chi connectivity index (χ1v) is 11.1. The molecule has 2 aromatic rings. The topological polar surface area (TPSA) is 171 Å². The number of nitrogens with one attached hydrogen (secondary N) is 1. The fourth-order valence-corrected chi connectivity index (χ4v) is 3.88. The molecule has 1 aliphatic heterocycles. The lowest BCUT2D eigenvalue weighted by Crippen LogP contribution is -2.60. The number of ether oxygens (including phenoxy) is 2. The van der Waals surface area contributed by atoms with Crippen molar-refractivity contribution >= 4 is 5.91 Å². The summed E-state index contributed by atoms with van der Waals surface area (Å²) in [6, 6.07) is 8.00. The fraction of sp³-hybridized carbons (Fsp3) is 0.565. The molecule has 1 aliphatic rings. The minimum absolute atomic E-state index is 0.118. The summed E-state index contributed by atoms with van der Waals surface area (Å²) in [5.74, 6) is 0.0287. The molecule has 2 heterocycles. The predicted octanol–water partition coefficient (Wildman–Crippen LogP) is 0.111. The lowest BCUT2D eigenvalue weighted by Gasteiger charge is -2.39. The van der Waals surface area contributed by atoms with Gasteiger partial charge in [0.05, 0.1) is 6.61 Å². The Morgan fingerprint density at radius 1 is 1.15 bits per heavy atom. The Morgan fingerprint density at radius 2 is 1.82 bits per heavy atom. The quantitative estimate of drug-likeness (QED) is 0.288. The van der Waals surface area contributed by atoms with Gasteiger partial charge in [-0.05, 0) is 29.9 Å². The van der Waals surface area contributed by atoms with Gasteiger partial charge in [-0.15, -0.1) is 5.10 Å². The van der Waals surface area contributed by atoms with Gasteiger partial charge < -0.3 is 35.6 Å². The van der Waals surface area contributed by atoms with Gasteiger partial charge in [0.25, 0.3) is 0 Å². The summed E-state index contributed by atoms with van der Waals surface area (Å²) < 4.78 is 11.3. The highest BCUT2D eigenvalue weighted by Crippen LogP contribution is 2.31. The van der Waals surface area contributed by atoms with Crippen molar-refractivity contribution in [2.45, 2.75) is 76.2 Å². The Hall–Kier alpha value is -2.50. The molecule has 1 saturated heterocycles. The highest BCUT2D eigenvalue weighted by atomic mass is 16.7. The number of carbonyl (C=O) groups is 1. The first kappa shape index (κ1) is 25.1. The van der Waals surface area contributed by atoms with Crippen molar-refractivity contribution < 1.29 is 34.7 Å². The van der Waals surface area contributed by atoms with Gasteiger partial charge in [-0.25, -0.2) is 0 Å². The van der Waals surface area contributed by atoms with Crippen LogP contribution in [0.1, 0.15) is 55.0 Å². The molecule has 0 aliphatic carbocycles. The number of carbonyl (C=O) groups excluding carboxylic acids is 1. The zero-order valence-electron chi connectivity index (χ0n) is 18.8. The van der Waals surface area contributed by atoms with E-state index < -0.39 is 37.3 Å². The van der Waals surface area contributed by atoms with Crippen molar-refractivity contribution in [1.82, 2.24) is 10.2 Å². The van der Waals surface area contributed by atoms with Crippen LogP contribution in [-0.4, -0.2) is 73.8 Å². The molecule has 5 atom stereocenters. The Morgan fingerprint density at radius 3 is 2.42 bits per heavy atom. The molecule has 1 amide bonds. The van der Waals surface area contributed by atoms with Crippen LogP contribution in [0.25, 0.3) is 0 Å². The summed E-state index contributed by atoms with van der Waals surface area (Å²) in [4.78, 5) is 10.9. The molecule has 0 radical (unpaired) electrons. The predicted molar refractivity (Wildman–Crippen MR) is 118 cm³/mol. The van der Waals surface area contributed by atoms with Crippen molar-refractivity contribution in [3.8, 4) is 5.88 Å². The number of aliphatic hydroxyl groups is 4. The highest BCUT2D eigenvalue weighted by Gasteiger charge is 2.45. The number of rotatable bonds is 10. The van der Waals surface area contributed by atoms with Crippen LogP contribution in [0.4, 0.5) is 0 Å². The number of aromatic nitrogens is 2. The third kappa shape index (κ3) is 6.10. The number of aromatic amines is 1. The number of H-pyrrole nitrogens is 1. The zero-order chi connectivity index (χ0) is 24.1. The fourth-order valence-electron chi connectivity index (χ4n) is 3.88. The molecule has 1 aromatic carbocycles. The number of hydrogen-bond donors (Lipinski definition) is 6. The number of benzene rings is 1. The van der Waals surface area contributed by atoms with Crippen LogP contribution in [0, 0.1) is 0 Å². The largest absolute Gasteiger partial charge is 0.443 e. The normalized spacial score (nSPS) is 25.4. The Kier molecular flexibility index (Phi) is 8.44. The van der Waals surface area contributed by atoms with Gasteiger partial charge in [0.15, 0.2) is 0 Å². The monoisotopic (exact) mass is 463 g/mol. The van der Waals surface area contributed by atoms with Gasteiger partial charge in [0.1, 0.15) is 24.4 Å². The number of primary amides is 1. The Balaban J connectivity index is 1.76. The number of aliphatic hydroxyl groups excluding tert-OH is 4. The molecule has 1 aromatic heterocycles. The molecule has 0 saturated carbocycles. The molecule has 33 heavy (non-hydrogen) atoms. The molecule has 182 valence electrons. The number of nitrogens with two attached hydrogens (primary N) is 1. The summed E-state index contributed by atoms with van der Waals surface area (Å²) in [5.41, 5.74) is 8.95. The summed E-state index contributed by atoms with van der Waals surface area (Å²) in [5, 5.41) is 46.9. The zero-order valence-corrected chi connectivity index (χ0v) is 18.8. The van der Waals surface area contributed by atoms with E-state index in [0.717, 1.165) is 28.8 Å². The third-order valence-corrected chi connectivity index (χ3v) is 5.81. The van der Waals surface area contributed by atoms with E-state index in [-0.39, 0.29) is 17.7 Å². The van der Waals surface area contributed by atoms with Gasteiger partial charge >= 0.3 is 0 Å². The highest BCUT2D eigenvalue weighted by molar-refractivity contribution is 5.73. The van der Waals surface area contributed by atoms with Crippen LogP contribution in [0.15, 0.2) is 24.3 Å². The van der Waals surface area contributed by atoms with E-state index in [1.54, 1.807) is 0 Å². The second-order valence-electron chi connectivity index (χ2n) is 8.70. The number of aryl methyl sites for hydroxylation is 1. The van der Waals surface area contributed by atoms with Crippen LogP contribution in [0.3, 0.4) is 0 Å². The average Bonchev–Trinajstić information content (AvgIpc) is 3.17. The number of nitrogens with zero attached hydrogens (tertiary/aromatic N) is 1. The van der Waals surface area contributed by atoms with E-state index in [0.29, 0.717) is 19.3 Å². The van der Waals surface area contributed by atoms with Crippen LogP contribution in [0.5, 0.6) is 5.88 Å². The third-order valence-electron chi connectivity index (χ3n) is 5.81. The van der Waals surface area contributed by atoms with Gasteiger partial charge in [-0.1, -0.05) is 38.1 Å². The Bertz CT molecular complexity index is 913. The van der Waals surface area contributed by atoms with Crippen molar-refractivity contribution in [2.75, 3.05) is 6.61 Å². The number of hydrogen-bond acceptors (Lipinski definition) is 8.